The highest BCUT2D eigenvalue weighted by atomic mass is 15.1. The Hall–Kier alpha value is -1.96. The van der Waals surface area contributed by atoms with E-state index in [1.54, 1.807) is 0 Å². The van der Waals surface area contributed by atoms with Crippen molar-refractivity contribution in [3.63, 3.8) is 0 Å². The molecule has 2 N–H and O–H groups in total. The Morgan fingerprint density at radius 3 is 2.32 bits per heavy atom. The van der Waals surface area contributed by atoms with Crippen LogP contribution in [0.15, 0.2) is 48.5 Å². The van der Waals surface area contributed by atoms with Gasteiger partial charge in [-0.3, -0.25) is 0 Å². The average Bonchev–Trinajstić information content (AvgIpc) is 2.46. The van der Waals surface area contributed by atoms with Crippen LogP contribution >= 0.6 is 0 Å². The fourth-order valence-electron chi connectivity index (χ4n) is 2.14. The fraction of sp³-hybridized carbons (Fsp3) is 0.294. The summed E-state index contributed by atoms with van der Waals surface area (Å²) in [7, 11) is 2.06. The van der Waals surface area contributed by atoms with E-state index in [2.05, 4.69) is 56.1 Å². The third-order valence-electron chi connectivity index (χ3n) is 3.72. The summed E-state index contributed by atoms with van der Waals surface area (Å²) in [6.07, 6.45) is 1.17. The standard InChI is InChI=1S/C17H22N2/c1-4-13(2)14-8-10-16(11-9-14)19(3)17-7-5-6-15(18)12-17/h5-13H,4,18H2,1-3H3. The van der Waals surface area contributed by atoms with Gasteiger partial charge >= 0.3 is 0 Å². The highest BCUT2D eigenvalue weighted by molar-refractivity contribution is 5.66. The van der Waals surface area contributed by atoms with Gasteiger partial charge in [0, 0.05) is 24.1 Å². The molecule has 2 rings (SSSR count). The zero-order valence-electron chi connectivity index (χ0n) is 11.9. The molecular weight excluding hydrogens is 232 g/mol. The number of anilines is 3. The number of nitrogens with two attached hydrogens (primary N) is 1. The Kier molecular flexibility index (Phi) is 4.10. The molecule has 0 fully saturated rings. The molecule has 0 amide bonds. The highest BCUT2D eigenvalue weighted by Crippen LogP contribution is 2.27. The third-order valence-corrected chi connectivity index (χ3v) is 3.72. The van der Waals surface area contributed by atoms with Gasteiger partial charge in [0.25, 0.3) is 0 Å². The van der Waals surface area contributed by atoms with Gasteiger partial charge in [0.2, 0.25) is 0 Å². The van der Waals surface area contributed by atoms with Crippen LogP contribution in [0.25, 0.3) is 0 Å². The van der Waals surface area contributed by atoms with E-state index in [-0.39, 0.29) is 0 Å². The molecular formula is C17H22N2. The molecule has 0 radical (unpaired) electrons. The molecule has 2 nitrogen and oxygen atoms in total. The van der Waals surface area contributed by atoms with E-state index in [9.17, 15) is 0 Å². The van der Waals surface area contributed by atoms with E-state index < -0.39 is 0 Å². The maximum atomic E-state index is 5.83. The summed E-state index contributed by atoms with van der Waals surface area (Å²) in [4.78, 5) is 2.15. The number of nitrogens with zero attached hydrogens (tertiary/aromatic N) is 1. The summed E-state index contributed by atoms with van der Waals surface area (Å²) in [6.45, 7) is 4.48. The maximum absolute atomic E-state index is 5.83. The summed E-state index contributed by atoms with van der Waals surface area (Å²) >= 11 is 0. The average molecular weight is 254 g/mol. The van der Waals surface area contributed by atoms with Crippen molar-refractivity contribution in [2.75, 3.05) is 17.7 Å². The first-order valence-electron chi connectivity index (χ1n) is 6.81. The third kappa shape index (κ3) is 3.08. The van der Waals surface area contributed by atoms with E-state index in [1.165, 1.54) is 17.7 Å². The van der Waals surface area contributed by atoms with Crippen LogP contribution in [-0.2, 0) is 0 Å². The molecule has 0 aliphatic carbocycles. The lowest BCUT2D eigenvalue weighted by Gasteiger charge is -2.20. The van der Waals surface area contributed by atoms with Gasteiger partial charge in [-0.15, -0.1) is 0 Å². The molecule has 0 aromatic heterocycles. The Bertz CT molecular complexity index is 531. The number of hydrogen-bond donors (Lipinski definition) is 1. The van der Waals surface area contributed by atoms with Crippen LogP contribution in [-0.4, -0.2) is 7.05 Å². The van der Waals surface area contributed by atoms with Gasteiger partial charge in [-0.1, -0.05) is 32.0 Å². The van der Waals surface area contributed by atoms with Crippen LogP contribution in [0, 0.1) is 0 Å². The molecule has 2 aromatic carbocycles. The quantitative estimate of drug-likeness (QED) is 0.811. The molecule has 0 heterocycles. The van der Waals surface area contributed by atoms with Crippen LogP contribution in [0.1, 0.15) is 31.7 Å². The minimum atomic E-state index is 0.617. The molecule has 1 atom stereocenters. The van der Waals surface area contributed by atoms with Crippen molar-refractivity contribution >= 4 is 17.1 Å². The minimum absolute atomic E-state index is 0.617. The molecule has 0 aliphatic rings. The Labute approximate surface area is 115 Å². The van der Waals surface area contributed by atoms with Crippen molar-refractivity contribution in [2.45, 2.75) is 26.2 Å². The lowest BCUT2D eigenvalue weighted by Crippen LogP contribution is -2.09. The molecule has 0 saturated carbocycles. The van der Waals surface area contributed by atoms with E-state index in [0.29, 0.717) is 5.92 Å². The summed E-state index contributed by atoms with van der Waals surface area (Å²) in [5.41, 5.74) is 10.3. The molecule has 100 valence electrons. The van der Waals surface area contributed by atoms with Crippen molar-refractivity contribution in [3.8, 4) is 0 Å². The van der Waals surface area contributed by atoms with E-state index in [1.807, 2.05) is 18.2 Å². The predicted octanol–water partition coefficient (Wildman–Crippen LogP) is 4.55. The maximum Gasteiger partial charge on any atom is 0.0428 e. The summed E-state index contributed by atoms with van der Waals surface area (Å²) in [5, 5.41) is 0. The van der Waals surface area contributed by atoms with Gasteiger partial charge in [0.15, 0.2) is 0 Å². The first-order valence-corrected chi connectivity index (χ1v) is 6.81. The first kappa shape index (κ1) is 13.5. The lowest BCUT2D eigenvalue weighted by atomic mass is 9.98. The molecule has 0 spiro atoms. The van der Waals surface area contributed by atoms with Gasteiger partial charge in [-0.2, -0.15) is 0 Å². The Morgan fingerprint density at radius 2 is 1.74 bits per heavy atom. The van der Waals surface area contributed by atoms with Gasteiger partial charge in [-0.05, 0) is 48.2 Å². The number of nitrogen functional groups attached to an aromatic ring is 1. The predicted molar refractivity (Wildman–Crippen MR) is 84.1 cm³/mol. The van der Waals surface area contributed by atoms with E-state index >= 15 is 0 Å². The normalized spacial score (nSPS) is 12.2. The number of benzene rings is 2. The topological polar surface area (TPSA) is 29.3 Å². The second-order valence-electron chi connectivity index (χ2n) is 5.05. The van der Waals surface area contributed by atoms with Gasteiger partial charge in [0.1, 0.15) is 0 Å². The van der Waals surface area contributed by atoms with Crippen molar-refractivity contribution in [1.82, 2.24) is 0 Å². The zero-order chi connectivity index (χ0) is 13.8. The van der Waals surface area contributed by atoms with E-state index in [4.69, 9.17) is 5.73 Å². The molecule has 2 heteroatoms. The molecule has 19 heavy (non-hydrogen) atoms. The van der Waals surface area contributed by atoms with Crippen molar-refractivity contribution in [2.24, 2.45) is 0 Å². The Morgan fingerprint density at radius 1 is 1.05 bits per heavy atom. The molecule has 2 aromatic rings. The van der Waals surface area contributed by atoms with Gasteiger partial charge < -0.3 is 10.6 Å². The molecule has 1 unspecified atom stereocenters. The minimum Gasteiger partial charge on any atom is -0.399 e. The molecule has 0 bridgehead atoms. The monoisotopic (exact) mass is 254 g/mol. The smallest absolute Gasteiger partial charge is 0.0428 e. The molecule has 0 saturated heterocycles. The second kappa shape index (κ2) is 5.79. The summed E-state index contributed by atoms with van der Waals surface area (Å²) in [5.74, 6) is 0.617. The number of hydrogen-bond acceptors (Lipinski definition) is 2. The summed E-state index contributed by atoms with van der Waals surface area (Å²) < 4.78 is 0. The highest BCUT2D eigenvalue weighted by Gasteiger charge is 2.06. The first-order chi connectivity index (χ1) is 9.11. The Balaban J connectivity index is 2.22. The van der Waals surface area contributed by atoms with Crippen molar-refractivity contribution in [1.29, 1.82) is 0 Å². The zero-order valence-corrected chi connectivity index (χ0v) is 11.9. The SMILES string of the molecule is CCC(C)c1ccc(N(C)c2cccc(N)c2)cc1. The van der Waals surface area contributed by atoms with E-state index in [0.717, 1.165) is 11.4 Å². The van der Waals surface area contributed by atoms with Crippen molar-refractivity contribution < 1.29 is 0 Å². The van der Waals surface area contributed by atoms with Crippen LogP contribution in [0.5, 0.6) is 0 Å². The summed E-state index contributed by atoms with van der Waals surface area (Å²) in [6, 6.07) is 16.7. The number of rotatable bonds is 4. The lowest BCUT2D eigenvalue weighted by molar-refractivity contribution is 0.733. The van der Waals surface area contributed by atoms with Crippen LogP contribution in [0.3, 0.4) is 0 Å². The van der Waals surface area contributed by atoms with Crippen LogP contribution in [0.4, 0.5) is 17.1 Å². The largest absolute Gasteiger partial charge is 0.399 e. The van der Waals surface area contributed by atoms with Gasteiger partial charge in [0.05, 0.1) is 0 Å². The second-order valence-corrected chi connectivity index (χ2v) is 5.05. The fourth-order valence-corrected chi connectivity index (χ4v) is 2.14. The van der Waals surface area contributed by atoms with Crippen LogP contribution < -0.4 is 10.6 Å². The molecule has 0 aliphatic heterocycles. The van der Waals surface area contributed by atoms with Crippen molar-refractivity contribution in [3.05, 3.63) is 54.1 Å². The van der Waals surface area contributed by atoms with Gasteiger partial charge in [-0.25, -0.2) is 0 Å². The van der Waals surface area contributed by atoms with Crippen LogP contribution in [0.2, 0.25) is 0 Å².